The number of aromatic nitrogens is 3. The van der Waals surface area contributed by atoms with Crippen LogP contribution < -0.4 is 9.54 Å². The van der Waals surface area contributed by atoms with Crippen LogP contribution in [-0.4, -0.2) is 39.7 Å². The minimum atomic E-state index is -0.478. The third-order valence-electron chi connectivity index (χ3n) is 3.69. The number of carbonyl (C=O) groups is 2. The van der Waals surface area contributed by atoms with Gasteiger partial charge in [-0.1, -0.05) is 11.3 Å². The Balaban J connectivity index is 2.12. The van der Waals surface area contributed by atoms with Gasteiger partial charge in [0.2, 0.25) is 5.82 Å². The van der Waals surface area contributed by atoms with Gasteiger partial charge in [0.05, 0.1) is 23.9 Å². The van der Waals surface area contributed by atoms with Crippen molar-refractivity contribution in [1.82, 2.24) is 14.1 Å². The van der Waals surface area contributed by atoms with Gasteiger partial charge in [-0.3, -0.25) is 9.59 Å². The number of fused-ring (bicyclic) bond motifs is 1. The minimum Gasteiger partial charge on any atom is -0.497 e. The lowest BCUT2D eigenvalue weighted by molar-refractivity contribution is -0.143. The summed E-state index contributed by atoms with van der Waals surface area (Å²) >= 11 is 1.30. The molecule has 0 atom stereocenters. The first kappa shape index (κ1) is 17.9. The van der Waals surface area contributed by atoms with E-state index in [1.807, 2.05) is 12.1 Å². The number of esters is 1. The van der Waals surface area contributed by atoms with Gasteiger partial charge in [0.25, 0.3) is 0 Å². The molecule has 2 heterocycles. The third-order valence-corrected chi connectivity index (χ3v) is 4.73. The van der Waals surface area contributed by atoms with Crippen LogP contribution in [0.15, 0.2) is 35.6 Å². The largest absolute Gasteiger partial charge is 0.497 e. The van der Waals surface area contributed by atoms with Gasteiger partial charge < -0.3 is 18.6 Å². The van der Waals surface area contributed by atoms with Gasteiger partial charge in [0, 0.05) is 19.4 Å². The molecule has 8 nitrogen and oxygen atoms in total. The van der Waals surface area contributed by atoms with E-state index in [1.54, 1.807) is 42.5 Å². The van der Waals surface area contributed by atoms with Crippen LogP contribution in [0.3, 0.4) is 0 Å². The van der Waals surface area contributed by atoms with Crippen molar-refractivity contribution >= 4 is 33.4 Å². The second kappa shape index (κ2) is 7.52. The molecule has 2 aromatic heterocycles. The number of carbonyl (C=O) groups excluding carboxylic acids is 2. The van der Waals surface area contributed by atoms with Gasteiger partial charge in [-0.2, -0.15) is 4.99 Å². The molecule has 0 spiro atoms. The lowest BCUT2D eigenvalue weighted by Crippen LogP contribution is -2.23. The molecule has 1 amide bonds. The Hall–Kier alpha value is -2.94. The molecule has 0 N–H and O–H groups in total. The van der Waals surface area contributed by atoms with Crippen LogP contribution in [0.4, 0.5) is 0 Å². The maximum atomic E-state index is 12.5. The van der Waals surface area contributed by atoms with Gasteiger partial charge in [0.1, 0.15) is 12.3 Å². The van der Waals surface area contributed by atoms with Gasteiger partial charge >= 0.3 is 11.9 Å². The number of hydrogen-bond donors (Lipinski definition) is 0. The van der Waals surface area contributed by atoms with Crippen molar-refractivity contribution in [1.29, 1.82) is 0 Å². The molecule has 0 saturated carbocycles. The SMILES string of the molecule is CCOC(=O)Cn1c(=NC(=O)c2nccn2C)sc2cc(OC)ccc21. The molecule has 0 fully saturated rings. The number of nitrogens with zero attached hydrogens (tertiary/aromatic N) is 4. The number of amides is 1. The summed E-state index contributed by atoms with van der Waals surface area (Å²) in [4.78, 5) is 33.0. The first-order chi connectivity index (χ1) is 12.5. The molecule has 0 bridgehead atoms. The molecule has 0 radical (unpaired) electrons. The average Bonchev–Trinajstić information content (AvgIpc) is 3.18. The molecular formula is C17H18N4O4S. The predicted octanol–water partition coefficient (Wildman–Crippen LogP) is 1.75. The molecule has 0 aliphatic carbocycles. The summed E-state index contributed by atoms with van der Waals surface area (Å²) in [6.07, 6.45) is 3.20. The summed E-state index contributed by atoms with van der Waals surface area (Å²) in [7, 11) is 3.30. The van der Waals surface area contributed by atoms with E-state index < -0.39 is 11.9 Å². The Bertz CT molecular complexity index is 1030. The molecule has 3 aromatic rings. The van der Waals surface area contributed by atoms with Crippen LogP contribution in [0.1, 0.15) is 17.5 Å². The van der Waals surface area contributed by atoms with Gasteiger partial charge in [-0.05, 0) is 25.1 Å². The average molecular weight is 374 g/mol. The Morgan fingerprint density at radius 3 is 2.81 bits per heavy atom. The summed E-state index contributed by atoms with van der Waals surface area (Å²) < 4.78 is 14.4. The van der Waals surface area contributed by atoms with Crippen molar-refractivity contribution in [2.45, 2.75) is 13.5 Å². The van der Waals surface area contributed by atoms with E-state index in [2.05, 4.69) is 9.98 Å². The van der Waals surface area contributed by atoms with Crippen molar-refractivity contribution in [2.24, 2.45) is 12.0 Å². The molecule has 9 heteroatoms. The quantitative estimate of drug-likeness (QED) is 0.635. The third kappa shape index (κ3) is 3.52. The predicted molar refractivity (Wildman–Crippen MR) is 96.1 cm³/mol. The van der Waals surface area contributed by atoms with Gasteiger partial charge in [-0.15, -0.1) is 0 Å². The molecular weight excluding hydrogens is 356 g/mol. The van der Waals surface area contributed by atoms with Crippen LogP contribution in [0.25, 0.3) is 10.2 Å². The fourth-order valence-electron chi connectivity index (χ4n) is 2.46. The zero-order chi connectivity index (χ0) is 18.7. The maximum Gasteiger partial charge on any atom is 0.326 e. The number of methoxy groups -OCH3 is 1. The Labute approximate surface area is 153 Å². The smallest absolute Gasteiger partial charge is 0.326 e. The standard InChI is InChI=1S/C17H18N4O4S/c1-4-25-14(22)10-21-12-6-5-11(24-3)9-13(12)26-17(21)19-16(23)15-18-7-8-20(15)2/h5-9H,4,10H2,1-3H3. The number of hydrogen-bond acceptors (Lipinski definition) is 6. The van der Waals surface area contributed by atoms with Crippen molar-refractivity contribution in [3.63, 3.8) is 0 Å². The van der Waals surface area contributed by atoms with Crippen LogP contribution in [0.2, 0.25) is 0 Å². The first-order valence-electron chi connectivity index (χ1n) is 7.93. The lowest BCUT2D eigenvalue weighted by Gasteiger charge is -2.05. The van der Waals surface area contributed by atoms with E-state index >= 15 is 0 Å². The second-order valence-electron chi connectivity index (χ2n) is 5.39. The molecule has 0 saturated heterocycles. The van der Waals surface area contributed by atoms with E-state index in [9.17, 15) is 9.59 Å². The highest BCUT2D eigenvalue weighted by molar-refractivity contribution is 7.16. The number of rotatable bonds is 5. The fraction of sp³-hybridized carbons (Fsp3) is 0.294. The van der Waals surface area contributed by atoms with Gasteiger partial charge in [0.15, 0.2) is 4.80 Å². The van der Waals surface area contributed by atoms with Crippen LogP contribution in [0.5, 0.6) is 5.75 Å². The molecule has 0 unspecified atom stereocenters. The first-order valence-corrected chi connectivity index (χ1v) is 8.74. The van der Waals surface area contributed by atoms with E-state index in [0.29, 0.717) is 10.6 Å². The van der Waals surface area contributed by atoms with Gasteiger partial charge in [-0.25, -0.2) is 4.98 Å². The monoisotopic (exact) mass is 374 g/mol. The highest BCUT2D eigenvalue weighted by Gasteiger charge is 2.15. The Morgan fingerprint density at radius 2 is 2.15 bits per heavy atom. The number of imidazole rings is 1. The van der Waals surface area contributed by atoms with Crippen LogP contribution in [-0.2, 0) is 23.1 Å². The van der Waals surface area contributed by atoms with E-state index in [4.69, 9.17) is 9.47 Å². The summed E-state index contributed by atoms with van der Waals surface area (Å²) in [6, 6.07) is 5.46. The highest BCUT2D eigenvalue weighted by Crippen LogP contribution is 2.23. The van der Waals surface area contributed by atoms with Crippen molar-refractivity contribution < 1.29 is 19.1 Å². The van der Waals surface area contributed by atoms with E-state index in [1.165, 1.54) is 17.5 Å². The molecule has 3 rings (SSSR count). The molecule has 0 aliphatic rings. The molecule has 26 heavy (non-hydrogen) atoms. The Kier molecular flexibility index (Phi) is 5.17. The van der Waals surface area contributed by atoms with Crippen molar-refractivity contribution in [3.05, 3.63) is 41.2 Å². The summed E-state index contributed by atoms with van der Waals surface area (Å²) in [6.45, 7) is 2.00. The lowest BCUT2D eigenvalue weighted by atomic mass is 10.3. The highest BCUT2D eigenvalue weighted by atomic mass is 32.1. The number of ether oxygens (including phenoxy) is 2. The zero-order valence-corrected chi connectivity index (χ0v) is 15.4. The number of benzene rings is 1. The fourth-order valence-corrected chi connectivity index (χ4v) is 3.52. The van der Waals surface area contributed by atoms with E-state index in [0.717, 1.165) is 10.2 Å². The second-order valence-corrected chi connectivity index (χ2v) is 6.40. The summed E-state index contributed by atoms with van der Waals surface area (Å²) in [5.41, 5.74) is 0.773. The topological polar surface area (TPSA) is 87.7 Å². The number of aryl methyl sites for hydroxylation is 1. The normalized spacial score (nSPS) is 11.7. The minimum absolute atomic E-state index is 0.0349. The molecule has 1 aromatic carbocycles. The van der Waals surface area contributed by atoms with Crippen molar-refractivity contribution in [2.75, 3.05) is 13.7 Å². The molecule has 136 valence electrons. The zero-order valence-electron chi connectivity index (χ0n) is 14.6. The Morgan fingerprint density at radius 1 is 1.35 bits per heavy atom. The summed E-state index contributed by atoms with van der Waals surface area (Å²) in [5.74, 6) is 0.0364. The van der Waals surface area contributed by atoms with Crippen molar-refractivity contribution in [3.8, 4) is 5.75 Å². The van der Waals surface area contributed by atoms with Crippen LogP contribution in [0, 0.1) is 0 Å². The van der Waals surface area contributed by atoms with Crippen LogP contribution >= 0.6 is 11.3 Å². The molecule has 0 aliphatic heterocycles. The maximum absolute atomic E-state index is 12.5. The number of thiazole rings is 1. The van der Waals surface area contributed by atoms with E-state index in [-0.39, 0.29) is 19.0 Å². The summed E-state index contributed by atoms with van der Waals surface area (Å²) in [5, 5.41) is 0.